The summed E-state index contributed by atoms with van der Waals surface area (Å²) in [5, 5.41) is 0. The molecule has 0 radical (unpaired) electrons. The molecule has 2 rings (SSSR count). The van der Waals surface area contributed by atoms with Crippen LogP contribution in [0.1, 0.15) is 26.7 Å². The van der Waals surface area contributed by atoms with Gasteiger partial charge < -0.3 is 9.47 Å². The van der Waals surface area contributed by atoms with Gasteiger partial charge in [-0.15, -0.1) is 0 Å². The molecular formula is C9H16O2. The number of epoxide rings is 1. The highest BCUT2D eigenvalue weighted by molar-refractivity contribution is 5.03. The largest absolute Gasteiger partial charge is 0.381 e. The Morgan fingerprint density at radius 3 is 2.09 bits per heavy atom. The molecule has 2 heteroatoms. The van der Waals surface area contributed by atoms with Gasteiger partial charge in [-0.05, 0) is 19.8 Å². The maximum absolute atomic E-state index is 5.48. The third kappa shape index (κ3) is 1.09. The van der Waals surface area contributed by atoms with E-state index in [0.717, 1.165) is 32.7 Å². The van der Waals surface area contributed by atoms with Crippen molar-refractivity contribution in [2.75, 3.05) is 19.8 Å². The second-order valence-corrected chi connectivity index (χ2v) is 4.19. The van der Waals surface area contributed by atoms with Crippen LogP contribution in [0.25, 0.3) is 0 Å². The van der Waals surface area contributed by atoms with Crippen molar-refractivity contribution >= 4 is 0 Å². The molecule has 0 aromatic carbocycles. The van der Waals surface area contributed by atoms with E-state index in [1.807, 2.05) is 0 Å². The minimum absolute atomic E-state index is 0.177. The van der Waals surface area contributed by atoms with E-state index in [1.54, 1.807) is 0 Å². The first kappa shape index (κ1) is 7.56. The van der Waals surface area contributed by atoms with Crippen LogP contribution in [0, 0.1) is 5.41 Å². The molecule has 11 heavy (non-hydrogen) atoms. The zero-order valence-electron chi connectivity index (χ0n) is 7.35. The van der Waals surface area contributed by atoms with Gasteiger partial charge in [0.1, 0.15) is 0 Å². The Hall–Kier alpha value is -0.0800. The lowest BCUT2D eigenvalue weighted by molar-refractivity contribution is -0.0158. The van der Waals surface area contributed by atoms with Crippen LogP contribution in [0.15, 0.2) is 0 Å². The van der Waals surface area contributed by atoms with Crippen LogP contribution in [0.3, 0.4) is 0 Å². The van der Waals surface area contributed by atoms with Crippen molar-refractivity contribution in [1.82, 2.24) is 0 Å². The molecule has 2 aliphatic heterocycles. The van der Waals surface area contributed by atoms with Crippen molar-refractivity contribution in [3.63, 3.8) is 0 Å². The first-order valence-electron chi connectivity index (χ1n) is 4.38. The Morgan fingerprint density at radius 1 is 1.09 bits per heavy atom. The topological polar surface area (TPSA) is 21.8 Å². The Morgan fingerprint density at radius 2 is 1.64 bits per heavy atom. The molecule has 0 spiro atoms. The van der Waals surface area contributed by atoms with Crippen molar-refractivity contribution in [1.29, 1.82) is 0 Å². The van der Waals surface area contributed by atoms with E-state index >= 15 is 0 Å². The summed E-state index contributed by atoms with van der Waals surface area (Å²) < 4.78 is 10.8. The van der Waals surface area contributed by atoms with E-state index in [9.17, 15) is 0 Å². The Labute approximate surface area is 67.9 Å². The Kier molecular flexibility index (Phi) is 1.52. The minimum Gasteiger partial charge on any atom is -0.381 e. The van der Waals surface area contributed by atoms with Gasteiger partial charge in [0.05, 0.1) is 12.2 Å². The van der Waals surface area contributed by atoms with E-state index in [4.69, 9.17) is 9.47 Å². The molecule has 64 valence electrons. The summed E-state index contributed by atoms with van der Waals surface area (Å²) >= 11 is 0. The van der Waals surface area contributed by atoms with E-state index in [0.29, 0.717) is 5.41 Å². The highest BCUT2D eigenvalue weighted by Gasteiger charge is 2.55. The quantitative estimate of drug-likeness (QED) is 0.538. The highest BCUT2D eigenvalue weighted by Crippen LogP contribution is 2.49. The van der Waals surface area contributed by atoms with Gasteiger partial charge in [0.15, 0.2) is 0 Å². The molecule has 2 nitrogen and oxygen atoms in total. The van der Waals surface area contributed by atoms with Gasteiger partial charge in [0.2, 0.25) is 0 Å². The van der Waals surface area contributed by atoms with Crippen molar-refractivity contribution in [3.8, 4) is 0 Å². The van der Waals surface area contributed by atoms with Crippen LogP contribution >= 0.6 is 0 Å². The van der Waals surface area contributed by atoms with Crippen LogP contribution in [0.4, 0.5) is 0 Å². The summed E-state index contributed by atoms with van der Waals surface area (Å²) in [5.41, 5.74) is 0.558. The molecule has 0 N–H and O–H groups in total. The molecular weight excluding hydrogens is 140 g/mol. The average Bonchev–Trinajstić information content (AvgIpc) is 2.71. The zero-order chi connectivity index (χ0) is 7.95. The molecule has 1 atom stereocenters. The summed E-state index contributed by atoms with van der Waals surface area (Å²) in [5.74, 6) is 0. The Balaban J connectivity index is 2.07. The first-order chi connectivity index (χ1) is 5.16. The van der Waals surface area contributed by atoms with Crippen LogP contribution in [0.2, 0.25) is 0 Å². The number of hydrogen-bond donors (Lipinski definition) is 0. The predicted octanol–water partition coefficient (Wildman–Crippen LogP) is 1.59. The zero-order valence-corrected chi connectivity index (χ0v) is 7.35. The molecule has 0 amide bonds. The second kappa shape index (κ2) is 2.20. The third-order valence-electron chi connectivity index (χ3n) is 3.45. The number of hydrogen-bond acceptors (Lipinski definition) is 2. The van der Waals surface area contributed by atoms with Crippen LogP contribution in [0.5, 0.6) is 0 Å². The molecule has 0 aromatic rings. The lowest BCUT2D eigenvalue weighted by Gasteiger charge is -2.37. The van der Waals surface area contributed by atoms with Gasteiger partial charge in [-0.2, -0.15) is 0 Å². The van der Waals surface area contributed by atoms with Gasteiger partial charge in [0.25, 0.3) is 0 Å². The van der Waals surface area contributed by atoms with Crippen LogP contribution < -0.4 is 0 Å². The van der Waals surface area contributed by atoms with E-state index in [1.165, 1.54) is 0 Å². The van der Waals surface area contributed by atoms with E-state index in [2.05, 4.69) is 13.8 Å². The number of rotatable bonds is 1. The molecule has 2 heterocycles. The molecule has 0 saturated carbocycles. The van der Waals surface area contributed by atoms with Crippen molar-refractivity contribution in [2.45, 2.75) is 32.3 Å². The monoisotopic (exact) mass is 156 g/mol. The van der Waals surface area contributed by atoms with Gasteiger partial charge in [-0.1, -0.05) is 6.92 Å². The fourth-order valence-corrected chi connectivity index (χ4v) is 1.81. The molecule has 0 aliphatic carbocycles. The standard InChI is InChI=1S/C9H16O2/c1-8(9(2)7-11-9)3-5-10-6-4-8/h3-7H2,1-2H3. The summed E-state index contributed by atoms with van der Waals surface area (Å²) in [4.78, 5) is 0. The van der Waals surface area contributed by atoms with E-state index < -0.39 is 0 Å². The van der Waals surface area contributed by atoms with Crippen molar-refractivity contribution in [3.05, 3.63) is 0 Å². The van der Waals surface area contributed by atoms with Crippen LogP contribution in [-0.4, -0.2) is 25.4 Å². The summed E-state index contributed by atoms with van der Waals surface area (Å²) in [6.07, 6.45) is 2.31. The fraction of sp³-hybridized carbons (Fsp3) is 1.00. The molecule has 2 aliphatic rings. The maximum Gasteiger partial charge on any atom is 0.0943 e. The number of ether oxygens (including phenoxy) is 2. The maximum atomic E-state index is 5.48. The second-order valence-electron chi connectivity index (χ2n) is 4.19. The first-order valence-corrected chi connectivity index (χ1v) is 4.38. The normalized spacial score (nSPS) is 42.0. The fourth-order valence-electron chi connectivity index (χ4n) is 1.81. The van der Waals surface area contributed by atoms with Gasteiger partial charge >= 0.3 is 0 Å². The van der Waals surface area contributed by atoms with Crippen molar-refractivity contribution in [2.24, 2.45) is 5.41 Å². The van der Waals surface area contributed by atoms with Crippen molar-refractivity contribution < 1.29 is 9.47 Å². The van der Waals surface area contributed by atoms with Gasteiger partial charge in [-0.3, -0.25) is 0 Å². The molecule has 1 unspecified atom stereocenters. The van der Waals surface area contributed by atoms with Crippen LogP contribution in [-0.2, 0) is 9.47 Å². The lowest BCUT2D eigenvalue weighted by atomic mass is 9.72. The lowest BCUT2D eigenvalue weighted by Crippen LogP contribution is -2.38. The molecule has 0 aromatic heterocycles. The predicted molar refractivity (Wildman–Crippen MR) is 42.5 cm³/mol. The molecule has 0 bridgehead atoms. The van der Waals surface area contributed by atoms with E-state index in [-0.39, 0.29) is 5.60 Å². The molecule has 2 fully saturated rings. The Bertz CT molecular complexity index is 155. The summed E-state index contributed by atoms with van der Waals surface area (Å²) in [6.45, 7) is 7.31. The molecule has 2 saturated heterocycles. The van der Waals surface area contributed by atoms with Gasteiger partial charge in [0, 0.05) is 18.6 Å². The third-order valence-corrected chi connectivity index (χ3v) is 3.45. The summed E-state index contributed by atoms with van der Waals surface area (Å²) in [6, 6.07) is 0. The minimum atomic E-state index is 0.177. The smallest absolute Gasteiger partial charge is 0.0943 e. The SMILES string of the molecule is CC1(C2(C)CO2)CCOCC1. The van der Waals surface area contributed by atoms with Gasteiger partial charge in [-0.25, -0.2) is 0 Å². The highest BCUT2D eigenvalue weighted by atomic mass is 16.6. The summed E-state index contributed by atoms with van der Waals surface area (Å²) in [7, 11) is 0. The average molecular weight is 156 g/mol.